The van der Waals surface area contributed by atoms with E-state index in [1.54, 1.807) is 24.3 Å². The second-order valence-electron chi connectivity index (χ2n) is 5.62. The Hall–Kier alpha value is -2.06. The van der Waals surface area contributed by atoms with Crippen molar-refractivity contribution in [1.29, 1.82) is 0 Å². The lowest BCUT2D eigenvalue weighted by Gasteiger charge is -2.45. The van der Waals surface area contributed by atoms with Crippen molar-refractivity contribution in [1.82, 2.24) is 4.98 Å². The van der Waals surface area contributed by atoms with Crippen molar-refractivity contribution in [2.75, 3.05) is 0 Å². The monoisotopic (exact) mass is 348 g/mol. The van der Waals surface area contributed by atoms with E-state index >= 15 is 0 Å². The molecule has 0 saturated heterocycles. The van der Waals surface area contributed by atoms with Crippen LogP contribution in [0.25, 0.3) is 0 Å². The van der Waals surface area contributed by atoms with Gasteiger partial charge in [-0.1, -0.05) is 41.3 Å². The van der Waals surface area contributed by atoms with Gasteiger partial charge < -0.3 is 19.6 Å². The van der Waals surface area contributed by atoms with Gasteiger partial charge in [0.15, 0.2) is 0 Å². The highest BCUT2D eigenvalue weighted by Gasteiger charge is 2.55. The predicted octanol–water partition coefficient (Wildman–Crippen LogP) is 0.718. The van der Waals surface area contributed by atoms with E-state index in [0.717, 1.165) is 23.1 Å². The SMILES string of the molecule is C[C@@]1(C(=O)[O-])Sc2[nH]c(=O)sc2[C@@H]2c3ccccc3OC(=O)[C@H]21. The second-order valence-corrected chi connectivity index (χ2v) is 8.09. The van der Waals surface area contributed by atoms with Crippen LogP contribution in [0.2, 0.25) is 0 Å². The van der Waals surface area contributed by atoms with Gasteiger partial charge in [-0.15, -0.1) is 0 Å². The van der Waals surface area contributed by atoms with Crippen molar-refractivity contribution >= 4 is 35.0 Å². The van der Waals surface area contributed by atoms with Gasteiger partial charge in [-0.3, -0.25) is 9.59 Å². The van der Waals surface area contributed by atoms with Crippen LogP contribution in [0.4, 0.5) is 0 Å². The number of para-hydroxylation sites is 1. The molecule has 118 valence electrons. The molecule has 2 aliphatic rings. The van der Waals surface area contributed by atoms with Crippen LogP contribution in [0.3, 0.4) is 0 Å². The summed E-state index contributed by atoms with van der Waals surface area (Å²) in [5.74, 6) is -3.05. The van der Waals surface area contributed by atoms with Gasteiger partial charge in [0.05, 0.1) is 21.7 Å². The molecule has 23 heavy (non-hydrogen) atoms. The number of ether oxygens (including phenoxy) is 1. The summed E-state index contributed by atoms with van der Waals surface area (Å²) in [6.45, 7) is 1.44. The molecule has 0 radical (unpaired) electrons. The first kappa shape index (κ1) is 14.5. The molecule has 2 aliphatic heterocycles. The Balaban J connectivity index is 2.03. The molecular formula is C15H10NO5S2-. The van der Waals surface area contributed by atoms with Crippen LogP contribution in [-0.4, -0.2) is 21.7 Å². The van der Waals surface area contributed by atoms with Gasteiger partial charge in [0, 0.05) is 16.4 Å². The summed E-state index contributed by atoms with van der Waals surface area (Å²) in [6, 6.07) is 6.99. The molecule has 1 N–H and O–H groups in total. The Labute approximate surface area is 138 Å². The van der Waals surface area contributed by atoms with E-state index in [4.69, 9.17) is 4.74 Å². The van der Waals surface area contributed by atoms with Crippen LogP contribution in [0.15, 0.2) is 34.1 Å². The highest BCUT2D eigenvalue weighted by Crippen LogP contribution is 2.57. The lowest BCUT2D eigenvalue weighted by atomic mass is 9.75. The number of benzene rings is 1. The number of thioether (sulfide) groups is 1. The number of nitrogens with one attached hydrogen (secondary N) is 1. The third-order valence-electron chi connectivity index (χ3n) is 4.29. The Kier molecular flexibility index (Phi) is 2.98. The van der Waals surface area contributed by atoms with Gasteiger partial charge in [0.25, 0.3) is 0 Å². The van der Waals surface area contributed by atoms with Crippen LogP contribution < -0.4 is 14.7 Å². The van der Waals surface area contributed by atoms with Gasteiger partial charge in [-0.25, -0.2) is 0 Å². The maximum atomic E-state index is 12.5. The van der Waals surface area contributed by atoms with E-state index in [0.29, 0.717) is 21.2 Å². The molecule has 0 bridgehead atoms. The van der Waals surface area contributed by atoms with Crippen LogP contribution in [0, 0.1) is 5.92 Å². The molecule has 2 aromatic rings. The number of aliphatic carboxylic acids is 1. The highest BCUT2D eigenvalue weighted by molar-refractivity contribution is 8.01. The van der Waals surface area contributed by atoms with Gasteiger partial charge >= 0.3 is 10.8 Å². The fourth-order valence-corrected chi connectivity index (χ4v) is 5.64. The predicted molar refractivity (Wildman–Crippen MR) is 81.6 cm³/mol. The zero-order valence-corrected chi connectivity index (χ0v) is 13.5. The smallest absolute Gasteiger partial charge is 0.317 e. The van der Waals surface area contributed by atoms with Gasteiger partial charge in [-0.05, 0) is 13.0 Å². The van der Waals surface area contributed by atoms with Crippen molar-refractivity contribution in [3.63, 3.8) is 0 Å². The quantitative estimate of drug-likeness (QED) is 0.602. The van der Waals surface area contributed by atoms with Crippen molar-refractivity contribution in [2.24, 2.45) is 5.92 Å². The third kappa shape index (κ3) is 1.91. The molecule has 1 aromatic carbocycles. The highest BCUT2D eigenvalue weighted by atomic mass is 32.2. The first-order chi connectivity index (χ1) is 10.9. The Morgan fingerprint density at radius 1 is 1.35 bits per heavy atom. The minimum absolute atomic E-state index is 0.278. The van der Waals surface area contributed by atoms with Crippen molar-refractivity contribution in [3.8, 4) is 5.75 Å². The summed E-state index contributed by atoms with van der Waals surface area (Å²) >= 11 is 1.95. The molecule has 3 atom stereocenters. The molecule has 4 rings (SSSR count). The van der Waals surface area contributed by atoms with Gasteiger partial charge in [-0.2, -0.15) is 0 Å². The molecule has 0 unspecified atom stereocenters. The van der Waals surface area contributed by atoms with E-state index in [1.807, 2.05) is 0 Å². The molecule has 0 fully saturated rings. The normalized spacial score (nSPS) is 28.3. The minimum Gasteiger partial charge on any atom is -0.549 e. The largest absolute Gasteiger partial charge is 0.549 e. The first-order valence-electron chi connectivity index (χ1n) is 6.86. The summed E-state index contributed by atoms with van der Waals surface area (Å²) in [5, 5.41) is 12.3. The Morgan fingerprint density at radius 2 is 2.09 bits per heavy atom. The zero-order chi connectivity index (χ0) is 16.4. The van der Waals surface area contributed by atoms with E-state index < -0.39 is 28.5 Å². The lowest BCUT2D eigenvalue weighted by Crippen LogP contribution is -2.56. The average molecular weight is 348 g/mol. The molecule has 3 heterocycles. The fraction of sp³-hybridized carbons (Fsp3) is 0.267. The van der Waals surface area contributed by atoms with Crippen molar-refractivity contribution < 1.29 is 19.4 Å². The number of hydrogen-bond donors (Lipinski definition) is 1. The summed E-state index contributed by atoms with van der Waals surface area (Å²) in [7, 11) is 0. The average Bonchev–Trinajstić information content (AvgIpc) is 2.86. The van der Waals surface area contributed by atoms with Crippen LogP contribution in [-0.2, 0) is 9.59 Å². The lowest BCUT2D eigenvalue weighted by molar-refractivity contribution is -0.310. The number of carbonyl (C=O) groups is 2. The van der Waals surface area contributed by atoms with Crippen molar-refractivity contribution in [2.45, 2.75) is 22.6 Å². The first-order valence-corrected chi connectivity index (χ1v) is 8.49. The standard InChI is InChI=1S/C15H11NO5S2/c1-15(13(18)19)9-8(10-11(23-15)16-14(20)22-10)6-4-2-3-5-7(6)21-12(9)17/h2-5,8-9H,1H3,(H,16,20)(H,18,19)/p-1/t8-,9+,15-/m1/s1. The minimum atomic E-state index is -1.52. The van der Waals surface area contributed by atoms with Crippen LogP contribution in [0.5, 0.6) is 5.75 Å². The topological polar surface area (TPSA) is 99.3 Å². The number of carboxylic acids is 1. The molecule has 0 saturated carbocycles. The number of esters is 1. The number of H-pyrrole nitrogens is 1. The zero-order valence-electron chi connectivity index (χ0n) is 11.8. The Bertz CT molecular complexity index is 901. The van der Waals surface area contributed by atoms with Crippen LogP contribution in [0.1, 0.15) is 23.3 Å². The number of aromatic nitrogens is 1. The van der Waals surface area contributed by atoms with E-state index in [1.165, 1.54) is 6.92 Å². The summed E-state index contributed by atoms with van der Waals surface area (Å²) < 4.78 is 3.82. The molecule has 0 spiro atoms. The van der Waals surface area contributed by atoms with E-state index in [2.05, 4.69) is 4.98 Å². The number of fused-ring (bicyclic) bond motifs is 5. The van der Waals surface area contributed by atoms with E-state index in [-0.39, 0.29) is 4.87 Å². The van der Waals surface area contributed by atoms with E-state index in [9.17, 15) is 19.5 Å². The summed E-state index contributed by atoms with van der Waals surface area (Å²) in [5.41, 5.74) is 0.710. The number of carbonyl (C=O) groups excluding carboxylic acids is 2. The molecule has 6 nitrogen and oxygen atoms in total. The number of aromatic amines is 1. The molecular weight excluding hydrogens is 338 g/mol. The maximum Gasteiger partial charge on any atom is 0.317 e. The van der Waals surface area contributed by atoms with Crippen molar-refractivity contribution in [3.05, 3.63) is 44.4 Å². The molecule has 1 aromatic heterocycles. The number of thiazole rings is 1. The fourth-order valence-electron chi connectivity index (χ4n) is 3.20. The summed E-state index contributed by atoms with van der Waals surface area (Å²) in [6.07, 6.45) is 0. The van der Waals surface area contributed by atoms with Gasteiger partial charge in [0.2, 0.25) is 0 Å². The number of rotatable bonds is 1. The van der Waals surface area contributed by atoms with Crippen LogP contribution >= 0.6 is 23.1 Å². The second kappa shape index (κ2) is 4.72. The molecule has 0 amide bonds. The maximum absolute atomic E-state index is 12.5. The summed E-state index contributed by atoms with van der Waals surface area (Å²) in [4.78, 5) is 39.1. The van der Waals surface area contributed by atoms with Gasteiger partial charge in [0.1, 0.15) is 5.75 Å². The third-order valence-corrected chi connectivity index (χ3v) is 6.75. The Morgan fingerprint density at radius 3 is 2.83 bits per heavy atom. The molecule has 8 heteroatoms. The number of carboxylic acid groups (broad SMARTS) is 1. The molecule has 0 aliphatic carbocycles. The number of hydrogen-bond acceptors (Lipinski definition) is 7.